The van der Waals surface area contributed by atoms with Crippen molar-refractivity contribution in [3.8, 4) is 0 Å². The van der Waals surface area contributed by atoms with Gasteiger partial charge in [-0.05, 0) is 23.6 Å². The van der Waals surface area contributed by atoms with Gasteiger partial charge in [0.25, 0.3) is 16.1 Å². The smallest absolute Gasteiger partial charge is 0.282 e. The zero-order chi connectivity index (χ0) is 22.7. The van der Waals surface area contributed by atoms with Gasteiger partial charge in [-0.25, -0.2) is 5.01 Å². The summed E-state index contributed by atoms with van der Waals surface area (Å²) in [7, 11) is -3.45. The Morgan fingerprint density at radius 1 is 1.19 bits per heavy atom. The molecule has 1 saturated heterocycles. The van der Waals surface area contributed by atoms with Crippen LogP contribution in [0.1, 0.15) is 36.9 Å². The zero-order valence-electron chi connectivity index (χ0n) is 18.4. The van der Waals surface area contributed by atoms with E-state index in [1.807, 2.05) is 48.4 Å². The van der Waals surface area contributed by atoms with Gasteiger partial charge in [-0.2, -0.15) is 22.1 Å². The van der Waals surface area contributed by atoms with Crippen molar-refractivity contribution in [3.63, 3.8) is 0 Å². The van der Waals surface area contributed by atoms with Crippen molar-refractivity contribution in [2.24, 2.45) is 5.10 Å². The van der Waals surface area contributed by atoms with Crippen molar-refractivity contribution in [1.29, 1.82) is 0 Å². The van der Waals surface area contributed by atoms with E-state index < -0.39 is 10.2 Å². The van der Waals surface area contributed by atoms with Gasteiger partial charge in [0.05, 0.1) is 23.4 Å². The fourth-order valence-corrected chi connectivity index (χ4v) is 6.45. The third-order valence-corrected chi connectivity index (χ3v) is 9.00. The molecule has 1 unspecified atom stereocenters. The Kier molecular flexibility index (Phi) is 7.11. The summed E-state index contributed by atoms with van der Waals surface area (Å²) in [5, 5.41) is 8.17. The summed E-state index contributed by atoms with van der Waals surface area (Å²) in [6.45, 7) is 6.53. The summed E-state index contributed by atoms with van der Waals surface area (Å²) in [5.41, 5.74) is 0.880. The molecule has 11 heteroatoms. The summed E-state index contributed by atoms with van der Waals surface area (Å²) in [6.07, 6.45) is 2.21. The highest BCUT2D eigenvalue weighted by atomic mass is 32.2. The number of hydrogen-bond acceptors (Lipinski definition) is 7. The average molecular weight is 480 g/mol. The highest BCUT2D eigenvalue weighted by Gasteiger charge is 2.37. The van der Waals surface area contributed by atoms with Gasteiger partial charge in [0, 0.05) is 45.7 Å². The van der Waals surface area contributed by atoms with E-state index in [1.165, 1.54) is 13.6 Å². The first-order valence-corrected chi connectivity index (χ1v) is 13.2. The van der Waals surface area contributed by atoms with Gasteiger partial charge in [-0.15, -0.1) is 11.3 Å². The Balaban J connectivity index is 1.42. The molecule has 0 N–H and O–H groups in total. The van der Waals surface area contributed by atoms with Crippen LogP contribution in [0.5, 0.6) is 0 Å². The fraction of sp³-hybridized carbons (Fsp3) is 0.524. The van der Waals surface area contributed by atoms with Crippen LogP contribution in [-0.4, -0.2) is 84.4 Å². The monoisotopic (exact) mass is 479 g/mol. The van der Waals surface area contributed by atoms with Crippen LogP contribution in [0, 0.1) is 0 Å². The predicted molar refractivity (Wildman–Crippen MR) is 124 cm³/mol. The lowest BCUT2D eigenvalue weighted by atomic mass is 10.1. The van der Waals surface area contributed by atoms with Gasteiger partial charge in [0.15, 0.2) is 0 Å². The number of carbonyl (C=O) groups excluding carboxylic acids is 1. The van der Waals surface area contributed by atoms with E-state index in [0.717, 1.165) is 10.6 Å². The van der Waals surface area contributed by atoms with Crippen molar-refractivity contribution in [1.82, 2.24) is 18.5 Å². The Morgan fingerprint density at radius 3 is 2.53 bits per heavy atom. The number of piperazine rings is 1. The molecule has 1 amide bonds. The van der Waals surface area contributed by atoms with Gasteiger partial charge < -0.3 is 4.42 Å². The molecule has 0 aromatic carbocycles. The first-order valence-electron chi connectivity index (χ1n) is 10.9. The van der Waals surface area contributed by atoms with Gasteiger partial charge in [-0.1, -0.05) is 19.9 Å². The number of carbonyl (C=O) groups is 1. The van der Waals surface area contributed by atoms with E-state index in [4.69, 9.17) is 4.42 Å². The Labute approximate surface area is 193 Å². The van der Waals surface area contributed by atoms with Crippen LogP contribution < -0.4 is 0 Å². The normalized spacial score (nSPS) is 20.8. The topological polar surface area (TPSA) is 89.7 Å². The van der Waals surface area contributed by atoms with Crippen LogP contribution >= 0.6 is 11.3 Å². The maximum absolute atomic E-state index is 13.2. The van der Waals surface area contributed by atoms with Crippen molar-refractivity contribution in [2.75, 3.05) is 45.8 Å². The van der Waals surface area contributed by atoms with Crippen molar-refractivity contribution >= 4 is 33.2 Å². The first-order chi connectivity index (χ1) is 15.4. The van der Waals surface area contributed by atoms with Gasteiger partial charge >= 0.3 is 0 Å². The Bertz CT molecular complexity index is 1020. The molecular formula is C21H29N5O4S2. The standard InChI is InChI=1S/C21H29N5O4S2/c1-3-24(4-2)32(28,29)25-11-9-23(10-12-25)16-21(27)26-18(19-7-5-13-30-19)15-17(22-26)20-8-6-14-31-20/h5-8,13-14,18H,3-4,9-12,15-16H2,1-2H3. The van der Waals surface area contributed by atoms with Crippen LogP contribution in [0.3, 0.4) is 0 Å². The molecule has 0 aliphatic carbocycles. The fourth-order valence-electron chi connectivity index (χ4n) is 4.13. The predicted octanol–water partition coefficient (Wildman–Crippen LogP) is 2.22. The summed E-state index contributed by atoms with van der Waals surface area (Å²) < 4.78 is 34.0. The lowest BCUT2D eigenvalue weighted by molar-refractivity contribution is -0.134. The lowest BCUT2D eigenvalue weighted by Gasteiger charge is -2.36. The minimum absolute atomic E-state index is 0.113. The quantitative estimate of drug-likeness (QED) is 0.579. The minimum atomic E-state index is -3.45. The molecule has 0 radical (unpaired) electrons. The molecule has 174 valence electrons. The minimum Gasteiger partial charge on any atom is -0.467 e. The number of hydrogen-bond donors (Lipinski definition) is 0. The molecular weight excluding hydrogens is 450 g/mol. The van der Waals surface area contributed by atoms with E-state index in [9.17, 15) is 13.2 Å². The molecule has 2 aromatic rings. The maximum atomic E-state index is 13.2. The molecule has 2 aromatic heterocycles. The van der Waals surface area contributed by atoms with E-state index in [2.05, 4.69) is 5.10 Å². The van der Waals surface area contributed by atoms with E-state index >= 15 is 0 Å². The largest absolute Gasteiger partial charge is 0.467 e. The van der Waals surface area contributed by atoms with Crippen LogP contribution in [0.2, 0.25) is 0 Å². The average Bonchev–Trinajstić information content (AvgIpc) is 3.55. The molecule has 2 aliphatic rings. The molecule has 2 aliphatic heterocycles. The molecule has 0 bridgehead atoms. The van der Waals surface area contributed by atoms with Crippen molar-refractivity contribution in [2.45, 2.75) is 26.3 Å². The summed E-state index contributed by atoms with van der Waals surface area (Å²) in [6, 6.07) is 7.40. The highest BCUT2D eigenvalue weighted by Crippen LogP contribution is 2.34. The summed E-state index contributed by atoms with van der Waals surface area (Å²) in [5.74, 6) is 0.599. The van der Waals surface area contributed by atoms with Gasteiger partial charge in [-0.3, -0.25) is 9.69 Å². The molecule has 4 heterocycles. The number of furan rings is 1. The van der Waals surface area contributed by atoms with Crippen molar-refractivity contribution < 1.29 is 17.6 Å². The number of nitrogens with zero attached hydrogens (tertiary/aromatic N) is 5. The molecule has 9 nitrogen and oxygen atoms in total. The molecule has 1 fully saturated rings. The van der Waals surface area contributed by atoms with Gasteiger partial charge in [0.1, 0.15) is 11.8 Å². The number of thiophene rings is 1. The second-order valence-corrected chi connectivity index (χ2v) is 10.6. The molecule has 0 spiro atoms. The van der Waals surface area contributed by atoms with Crippen LogP contribution in [0.15, 0.2) is 45.4 Å². The summed E-state index contributed by atoms with van der Waals surface area (Å²) >= 11 is 1.60. The molecule has 4 rings (SSSR count). The van der Waals surface area contributed by atoms with Crippen LogP contribution in [0.25, 0.3) is 0 Å². The van der Waals surface area contributed by atoms with E-state index in [0.29, 0.717) is 51.4 Å². The van der Waals surface area contributed by atoms with Gasteiger partial charge in [0.2, 0.25) is 0 Å². The van der Waals surface area contributed by atoms with E-state index in [-0.39, 0.29) is 18.5 Å². The highest BCUT2D eigenvalue weighted by molar-refractivity contribution is 7.86. The SMILES string of the molecule is CCN(CC)S(=O)(=O)N1CCN(CC(=O)N2N=C(c3cccs3)CC2c2ccco2)CC1. The Morgan fingerprint density at radius 2 is 1.94 bits per heavy atom. The number of amides is 1. The third-order valence-electron chi connectivity index (χ3n) is 5.89. The maximum Gasteiger partial charge on any atom is 0.282 e. The zero-order valence-corrected chi connectivity index (χ0v) is 20.0. The van der Waals surface area contributed by atoms with Crippen molar-refractivity contribution in [3.05, 3.63) is 46.5 Å². The van der Waals surface area contributed by atoms with Crippen LogP contribution in [-0.2, 0) is 15.0 Å². The summed E-state index contributed by atoms with van der Waals surface area (Å²) in [4.78, 5) is 16.3. The third kappa shape index (κ3) is 4.67. The molecule has 32 heavy (non-hydrogen) atoms. The lowest BCUT2D eigenvalue weighted by Crippen LogP contribution is -2.54. The molecule has 0 saturated carbocycles. The number of rotatable bonds is 8. The Hall–Kier alpha value is -2.05. The molecule has 1 atom stereocenters. The number of hydrazone groups is 1. The van der Waals surface area contributed by atoms with E-state index in [1.54, 1.807) is 17.6 Å². The first kappa shape index (κ1) is 23.1. The second kappa shape index (κ2) is 9.84. The van der Waals surface area contributed by atoms with Crippen LogP contribution in [0.4, 0.5) is 0 Å². The second-order valence-electron chi connectivity index (χ2n) is 7.76.